The number of amides is 1. The first-order valence-electron chi connectivity index (χ1n) is 8.59. The highest BCUT2D eigenvalue weighted by Gasteiger charge is 2.11. The largest absolute Gasteiger partial charge is 0.504 e. The molecule has 1 aromatic heterocycles. The Labute approximate surface area is 161 Å². The highest BCUT2D eigenvalue weighted by Crippen LogP contribution is 2.26. The van der Waals surface area contributed by atoms with Crippen molar-refractivity contribution in [1.29, 1.82) is 0 Å². The minimum Gasteiger partial charge on any atom is -0.504 e. The van der Waals surface area contributed by atoms with Crippen LogP contribution in [-0.4, -0.2) is 41.1 Å². The molecule has 3 aromatic rings. The van der Waals surface area contributed by atoms with Crippen molar-refractivity contribution in [2.45, 2.75) is 6.92 Å². The van der Waals surface area contributed by atoms with E-state index < -0.39 is 5.91 Å². The molecule has 0 aliphatic carbocycles. The van der Waals surface area contributed by atoms with E-state index in [-0.39, 0.29) is 11.4 Å². The van der Waals surface area contributed by atoms with Crippen LogP contribution in [0.1, 0.15) is 23.0 Å². The summed E-state index contributed by atoms with van der Waals surface area (Å²) in [7, 11) is 1.59. The van der Waals surface area contributed by atoms with Crippen molar-refractivity contribution in [3.05, 3.63) is 59.8 Å². The Kier molecular flexibility index (Phi) is 5.91. The number of aromatic amines is 1. The lowest BCUT2D eigenvalue weighted by molar-refractivity contribution is 0.0950. The molecule has 144 valence electrons. The predicted octanol–water partition coefficient (Wildman–Crippen LogP) is 2.95. The van der Waals surface area contributed by atoms with E-state index in [1.807, 2.05) is 31.2 Å². The molecule has 3 rings (SSSR count). The fourth-order valence-electron chi connectivity index (χ4n) is 2.48. The van der Waals surface area contributed by atoms with Gasteiger partial charge in [-0.1, -0.05) is 12.1 Å². The van der Waals surface area contributed by atoms with Crippen molar-refractivity contribution in [3.63, 3.8) is 0 Å². The normalized spacial score (nSPS) is 10.8. The average Bonchev–Trinajstić information content (AvgIpc) is 3.21. The molecule has 0 aliphatic rings. The van der Waals surface area contributed by atoms with E-state index in [0.29, 0.717) is 29.4 Å². The molecule has 0 fully saturated rings. The first-order valence-corrected chi connectivity index (χ1v) is 8.59. The summed E-state index contributed by atoms with van der Waals surface area (Å²) in [5.74, 6) is 0.679. The van der Waals surface area contributed by atoms with Crippen molar-refractivity contribution in [1.82, 2.24) is 15.6 Å². The fourth-order valence-corrected chi connectivity index (χ4v) is 2.48. The number of aromatic nitrogens is 2. The topological polar surface area (TPSA) is 109 Å². The summed E-state index contributed by atoms with van der Waals surface area (Å²) in [4.78, 5) is 12.2. The van der Waals surface area contributed by atoms with E-state index in [1.165, 1.54) is 12.3 Å². The maximum Gasteiger partial charge on any atom is 0.289 e. The van der Waals surface area contributed by atoms with Crippen LogP contribution in [-0.2, 0) is 0 Å². The number of nitrogens with one attached hydrogen (secondary N) is 2. The molecule has 0 spiro atoms. The molecule has 0 radical (unpaired) electrons. The Balaban J connectivity index is 1.66. The Bertz CT molecular complexity index is 997. The van der Waals surface area contributed by atoms with Crippen LogP contribution in [0.2, 0.25) is 0 Å². The number of hydrazone groups is 1. The number of methoxy groups -OCH3 is 1. The van der Waals surface area contributed by atoms with Gasteiger partial charge in [-0.3, -0.25) is 9.89 Å². The van der Waals surface area contributed by atoms with Crippen molar-refractivity contribution in [3.8, 4) is 28.5 Å². The SMILES string of the molecule is CCOc1cc(/C=N/NC(=O)c2cc(-c3cccc(OC)c3)n[nH]2)ccc1O. The molecule has 0 saturated carbocycles. The monoisotopic (exact) mass is 380 g/mol. The lowest BCUT2D eigenvalue weighted by Gasteiger charge is -2.05. The summed E-state index contributed by atoms with van der Waals surface area (Å²) >= 11 is 0. The molecule has 0 atom stereocenters. The van der Waals surface area contributed by atoms with Crippen LogP contribution in [0.3, 0.4) is 0 Å². The van der Waals surface area contributed by atoms with Crippen LogP contribution < -0.4 is 14.9 Å². The van der Waals surface area contributed by atoms with Crippen LogP contribution in [0.5, 0.6) is 17.2 Å². The molecule has 0 unspecified atom stereocenters. The number of H-pyrrole nitrogens is 1. The minimum absolute atomic E-state index is 0.0468. The second-order valence-corrected chi connectivity index (χ2v) is 5.76. The van der Waals surface area contributed by atoms with Gasteiger partial charge in [0.2, 0.25) is 0 Å². The van der Waals surface area contributed by atoms with Gasteiger partial charge in [0, 0.05) is 5.56 Å². The van der Waals surface area contributed by atoms with Crippen molar-refractivity contribution in [2.24, 2.45) is 5.10 Å². The smallest absolute Gasteiger partial charge is 0.289 e. The standard InChI is InChI=1S/C20H20N4O4/c1-3-28-19-9-13(7-8-18(19)25)12-21-24-20(26)17-11-16(22-23-17)14-5-4-6-15(10-14)27-2/h4-12,25H,3H2,1-2H3,(H,22,23)(H,24,26)/b21-12+. The van der Waals surface area contributed by atoms with Gasteiger partial charge in [0.05, 0.1) is 25.6 Å². The Morgan fingerprint density at radius 1 is 1.29 bits per heavy atom. The van der Waals surface area contributed by atoms with E-state index in [2.05, 4.69) is 20.7 Å². The highest BCUT2D eigenvalue weighted by atomic mass is 16.5. The molecule has 1 heterocycles. The zero-order valence-electron chi connectivity index (χ0n) is 15.5. The number of carbonyl (C=O) groups excluding carboxylic acids is 1. The molecule has 8 heteroatoms. The molecular weight excluding hydrogens is 360 g/mol. The van der Waals surface area contributed by atoms with E-state index in [0.717, 1.165) is 5.56 Å². The van der Waals surface area contributed by atoms with Gasteiger partial charge >= 0.3 is 0 Å². The van der Waals surface area contributed by atoms with Gasteiger partial charge in [-0.25, -0.2) is 5.43 Å². The van der Waals surface area contributed by atoms with Crippen LogP contribution in [0.4, 0.5) is 0 Å². The quantitative estimate of drug-likeness (QED) is 0.431. The molecule has 8 nitrogen and oxygen atoms in total. The molecule has 2 aromatic carbocycles. The number of hydrogen-bond acceptors (Lipinski definition) is 6. The summed E-state index contributed by atoms with van der Waals surface area (Å²) in [6, 6.07) is 13.8. The predicted molar refractivity (Wildman–Crippen MR) is 105 cm³/mol. The van der Waals surface area contributed by atoms with E-state index in [4.69, 9.17) is 9.47 Å². The minimum atomic E-state index is -0.429. The number of nitrogens with zero attached hydrogens (tertiary/aromatic N) is 2. The maximum atomic E-state index is 12.2. The lowest BCUT2D eigenvalue weighted by atomic mass is 10.1. The van der Waals surface area contributed by atoms with E-state index >= 15 is 0 Å². The van der Waals surface area contributed by atoms with Gasteiger partial charge in [-0.05, 0) is 48.9 Å². The molecule has 0 saturated heterocycles. The number of phenols is 1. The zero-order valence-corrected chi connectivity index (χ0v) is 15.5. The second-order valence-electron chi connectivity index (χ2n) is 5.76. The summed E-state index contributed by atoms with van der Waals surface area (Å²) < 4.78 is 10.5. The molecule has 0 aliphatic heterocycles. The third kappa shape index (κ3) is 4.47. The number of aromatic hydroxyl groups is 1. The average molecular weight is 380 g/mol. The van der Waals surface area contributed by atoms with Gasteiger partial charge in [0.25, 0.3) is 5.91 Å². The van der Waals surface area contributed by atoms with Gasteiger partial charge in [-0.15, -0.1) is 0 Å². The number of rotatable bonds is 7. The number of hydrogen-bond donors (Lipinski definition) is 3. The summed E-state index contributed by atoms with van der Waals surface area (Å²) in [5.41, 5.74) is 4.82. The summed E-state index contributed by atoms with van der Waals surface area (Å²) in [6.07, 6.45) is 1.46. The molecule has 1 amide bonds. The second kappa shape index (κ2) is 8.72. The first-order chi connectivity index (χ1) is 13.6. The highest BCUT2D eigenvalue weighted by molar-refractivity contribution is 5.94. The van der Waals surface area contributed by atoms with Crippen molar-refractivity contribution >= 4 is 12.1 Å². The molecule has 3 N–H and O–H groups in total. The van der Waals surface area contributed by atoms with Crippen LogP contribution in [0.15, 0.2) is 53.6 Å². The number of ether oxygens (including phenoxy) is 2. The summed E-state index contributed by atoms with van der Waals surface area (Å²) in [5, 5.41) is 20.5. The van der Waals surface area contributed by atoms with Crippen LogP contribution >= 0.6 is 0 Å². The Morgan fingerprint density at radius 3 is 2.93 bits per heavy atom. The van der Waals surface area contributed by atoms with Crippen molar-refractivity contribution < 1.29 is 19.4 Å². The third-order valence-corrected chi connectivity index (χ3v) is 3.85. The molecular formula is C20H20N4O4. The van der Waals surface area contributed by atoms with Gasteiger partial charge in [0.1, 0.15) is 11.4 Å². The Morgan fingerprint density at radius 2 is 2.14 bits per heavy atom. The third-order valence-electron chi connectivity index (χ3n) is 3.85. The lowest BCUT2D eigenvalue weighted by Crippen LogP contribution is -2.18. The fraction of sp³-hybridized carbons (Fsp3) is 0.150. The van der Waals surface area contributed by atoms with Gasteiger partial charge < -0.3 is 14.6 Å². The maximum absolute atomic E-state index is 12.2. The van der Waals surface area contributed by atoms with Crippen LogP contribution in [0, 0.1) is 0 Å². The van der Waals surface area contributed by atoms with Gasteiger partial charge in [0.15, 0.2) is 11.5 Å². The molecule has 28 heavy (non-hydrogen) atoms. The number of benzene rings is 2. The van der Waals surface area contributed by atoms with Crippen LogP contribution in [0.25, 0.3) is 11.3 Å². The number of phenolic OH excluding ortho intramolecular Hbond substituents is 1. The zero-order chi connectivity index (χ0) is 19.9. The van der Waals surface area contributed by atoms with Crippen molar-refractivity contribution in [2.75, 3.05) is 13.7 Å². The number of carbonyl (C=O) groups is 1. The first kappa shape index (κ1) is 19.0. The molecule has 0 bridgehead atoms. The van der Waals surface area contributed by atoms with E-state index in [9.17, 15) is 9.90 Å². The summed E-state index contributed by atoms with van der Waals surface area (Å²) in [6.45, 7) is 2.25. The van der Waals surface area contributed by atoms with Gasteiger partial charge in [-0.2, -0.15) is 10.2 Å². The van der Waals surface area contributed by atoms with E-state index in [1.54, 1.807) is 25.3 Å². The Hall–Kier alpha value is -3.81.